The lowest BCUT2D eigenvalue weighted by Crippen LogP contribution is -2.12. The Morgan fingerprint density at radius 2 is 1.94 bits per heavy atom. The van der Waals surface area contributed by atoms with E-state index in [9.17, 15) is 4.79 Å². The Labute approximate surface area is 112 Å². The van der Waals surface area contributed by atoms with Gasteiger partial charge in [0.25, 0.3) is 5.91 Å². The molecule has 1 amide bonds. The van der Waals surface area contributed by atoms with Crippen LogP contribution in [0.15, 0.2) is 48.5 Å². The zero-order valence-corrected chi connectivity index (χ0v) is 10.9. The summed E-state index contributed by atoms with van der Waals surface area (Å²) in [6.45, 7) is 1.96. The van der Waals surface area contributed by atoms with Gasteiger partial charge in [-0.25, -0.2) is 0 Å². The van der Waals surface area contributed by atoms with Gasteiger partial charge in [0.2, 0.25) is 0 Å². The number of halogens is 1. The van der Waals surface area contributed by atoms with Crippen LogP contribution in [0.4, 0.5) is 5.69 Å². The van der Waals surface area contributed by atoms with Crippen LogP contribution >= 0.6 is 11.6 Å². The largest absolute Gasteiger partial charge is 0.322 e. The molecule has 0 aliphatic rings. The smallest absolute Gasteiger partial charge is 0.255 e. The SMILES string of the molecule is Cc1cccc(C(=O)Nc2cccc(CCl)c2)c1. The van der Waals surface area contributed by atoms with Gasteiger partial charge in [-0.1, -0.05) is 29.8 Å². The van der Waals surface area contributed by atoms with E-state index in [0.717, 1.165) is 16.8 Å². The first kappa shape index (κ1) is 12.7. The molecule has 1 N–H and O–H groups in total. The highest BCUT2D eigenvalue weighted by Crippen LogP contribution is 2.14. The fourth-order valence-corrected chi connectivity index (χ4v) is 1.89. The minimum Gasteiger partial charge on any atom is -0.322 e. The molecule has 0 fully saturated rings. The number of hydrogen-bond acceptors (Lipinski definition) is 1. The van der Waals surface area contributed by atoms with Crippen LogP contribution in [0.2, 0.25) is 0 Å². The molecule has 3 heteroatoms. The molecule has 2 aromatic carbocycles. The summed E-state index contributed by atoms with van der Waals surface area (Å²) in [7, 11) is 0. The Balaban J connectivity index is 2.16. The molecule has 0 heterocycles. The minimum absolute atomic E-state index is 0.106. The summed E-state index contributed by atoms with van der Waals surface area (Å²) in [6, 6.07) is 15.0. The Morgan fingerprint density at radius 3 is 2.67 bits per heavy atom. The van der Waals surface area contributed by atoms with Gasteiger partial charge in [-0.3, -0.25) is 4.79 Å². The molecule has 2 aromatic rings. The van der Waals surface area contributed by atoms with E-state index < -0.39 is 0 Å². The van der Waals surface area contributed by atoms with Crippen molar-refractivity contribution >= 4 is 23.2 Å². The van der Waals surface area contributed by atoms with E-state index in [4.69, 9.17) is 11.6 Å². The molecule has 0 bridgehead atoms. The third-order valence-corrected chi connectivity index (χ3v) is 2.93. The molecule has 0 spiro atoms. The van der Waals surface area contributed by atoms with Crippen molar-refractivity contribution in [1.29, 1.82) is 0 Å². The van der Waals surface area contributed by atoms with Gasteiger partial charge in [0, 0.05) is 17.1 Å². The lowest BCUT2D eigenvalue weighted by atomic mass is 10.1. The van der Waals surface area contributed by atoms with Gasteiger partial charge < -0.3 is 5.32 Å². The molecule has 2 nitrogen and oxygen atoms in total. The van der Waals surface area contributed by atoms with Crippen molar-refractivity contribution in [2.45, 2.75) is 12.8 Å². The lowest BCUT2D eigenvalue weighted by molar-refractivity contribution is 0.102. The maximum atomic E-state index is 12.0. The Hall–Kier alpha value is -1.80. The molecule has 0 radical (unpaired) electrons. The Kier molecular flexibility index (Phi) is 4.00. The maximum absolute atomic E-state index is 12.0. The van der Waals surface area contributed by atoms with Crippen molar-refractivity contribution in [3.8, 4) is 0 Å². The van der Waals surface area contributed by atoms with Gasteiger partial charge >= 0.3 is 0 Å². The molecular formula is C15H14ClNO. The average molecular weight is 260 g/mol. The normalized spacial score (nSPS) is 10.1. The highest BCUT2D eigenvalue weighted by molar-refractivity contribution is 6.17. The van der Waals surface area contributed by atoms with E-state index in [1.54, 1.807) is 6.07 Å². The number of anilines is 1. The van der Waals surface area contributed by atoms with Crippen LogP contribution in [-0.4, -0.2) is 5.91 Å². The number of nitrogens with one attached hydrogen (secondary N) is 1. The van der Waals surface area contributed by atoms with Gasteiger partial charge in [-0.2, -0.15) is 0 Å². The molecule has 2 rings (SSSR count). The first-order chi connectivity index (χ1) is 8.69. The van der Waals surface area contributed by atoms with Crippen LogP contribution in [0.25, 0.3) is 0 Å². The van der Waals surface area contributed by atoms with Crippen LogP contribution in [0.1, 0.15) is 21.5 Å². The molecule has 0 saturated heterocycles. The van der Waals surface area contributed by atoms with Crippen molar-refractivity contribution in [2.75, 3.05) is 5.32 Å². The summed E-state index contributed by atoms with van der Waals surface area (Å²) >= 11 is 5.76. The minimum atomic E-state index is -0.106. The molecule has 0 aliphatic heterocycles. The van der Waals surface area contributed by atoms with Gasteiger partial charge in [0.05, 0.1) is 0 Å². The van der Waals surface area contributed by atoms with Crippen molar-refractivity contribution < 1.29 is 4.79 Å². The third kappa shape index (κ3) is 3.11. The Morgan fingerprint density at radius 1 is 1.17 bits per heavy atom. The zero-order valence-electron chi connectivity index (χ0n) is 10.1. The third-order valence-electron chi connectivity index (χ3n) is 2.62. The van der Waals surface area contributed by atoms with Gasteiger partial charge in [0.15, 0.2) is 0 Å². The van der Waals surface area contributed by atoms with E-state index >= 15 is 0 Å². The van der Waals surface area contributed by atoms with E-state index in [0.29, 0.717) is 11.4 Å². The highest BCUT2D eigenvalue weighted by Gasteiger charge is 2.06. The van der Waals surface area contributed by atoms with Crippen molar-refractivity contribution in [1.82, 2.24) is 0 Å². The molecule has 18 heavy (non-hydrogen) atoms. The molecule has 0 unspecified atom stereocenters. The van der Waals surface area contributed by atoms with Crippen LogP contribution in [0, 0.1) is 6.92 Å². The monoisotopic (exact) mass is 259 g/mol. The molecule has 0 saturated carbocycles. The summed E-state index contributed by atoms with van der Waals surface area (Å²) in [5.41, 5.74) is 3.47. The average Bonchev–Trinajstić information content (AvgIpc) is 2.39. The first-order valence-corrected chi connectivity index (χ1v) is 6.25. The van der Waals surface area contributed by atoms with Crippen molar-refractivity contribution in [3.63, 3.8) is 0 Å². The van der Waals surface area contributed by atoms with E-state index in [-0.39, 0.29) is 5.91 Å². The number of alkyl halides is 1. The summed E-state index contributed by atoms with van der Waals surface area (Å²) < 4.78 is 0. The van der Waals surface area contributed by atoms with Crippen LogP contribution < -0.4 is 5.32 Å². The van der Waals surface area contributed by atoms with Gasteiger partial charge in [-0.15, -0.1) is 11.6 Å². The fourth-order valence-electron chi connectivity index (χ4n) is 1.72. The number of aryl methyl sites for hydroxylation is 1. The number of amides is 1. The predicted octanol–water partition coefficient (Wildman–Crippen LogP) is 3.99. The second-order valence-electron chi connectivity index (χ2n) is 4.16. The maximum Gasteiger partial charge on any atom is 0.255 e. The second kappa shape index (κ2) is 5.69. The number of hydrogen-bond donors (Lipinski definition) is 1. The highest BCUT2D eigenvalue weighted by atomic mass is 35.5. The molecule has 0 aromatic heterocycles. The van der Waals surface area contributed by atoms with Crippen molar-refractivity contribution in [3.05, 3.63) is 65.2 Å². The molecular weight excluding hydrogens is 246 g/mol. The summed E-state index contributed by atoms with van der Waals surface area (Å²) in [4.78, 5) is 12.0. The van der Waals surface area contributed by atoms with Crippen LogP contribution in [0.5, 0.6) is 0 Å². The standard InChI is InChI=1S/C15H14ClNO/c1-11-4-2-6-13(8-11)15(18)17-14-7-3-5-12(9-14)10-16/h2-9H,10H2,1H3,(H,17,18). The van der Waals surface area contributed by atoms with Gasteiger partial charge in [-0.05, 0) is 36.8 Å². The Bertz CT molecular complexity index is 566. The quantitative estimate of drug-likeness (QED) is 0.830. The number of carbonyl (C=O) groups excluding carboxylic acids is 1. The van der Waals surface area contributed by atoms with Crippen LogP contribution in [0.3, 0.4) is 0 Å². The second-order valence-corrected chi connectivity index (χ2v) is 4.42. The summed E-state index contributed by atoms with van der Waals surface area (Å²) in [5.74, 6) is 0.333. The molecule has 0 aliphatic carbocycles. The van der Waals surface area contributed by atoms with E-state index in [2.05, 4.69) is 5.32 Å². The van der Waals surface area contributed by atoms with E-state index in [1.165, 1.54) is 0 Å². The number of benzene rings is 2. The fraction of sp³-hybridized carbons (Fsp3) is 0.133. The van der Waals surface area contributed by atoms with Crippen LogP contribution in [-0.2, 0) is 5.88 Å². The lowest BCUT2D eigenvalue weighted by Gasteiger charge is -2.07. The van der Waals surface area contributed by atoms with E-state index in [1.807, 2.05) is 49.4 Å². The predicted molar refractivity (Wildman–Crippen MR) is 75.1 cm³/mol. The number of carbonyl (C=O) groups is 1. The summed E-state index contributed by atoms with van der Waals surface area (Å²) in [5, 5.41) is 2.86. The first-order valence-electron chi connectivity index (χ1n) is 5.72. The molecule has 0 atom stereocenters. The topological polar surface area (TPSA) is 29.1 Å². The summed E-state index contributed by atoms with van der Waals surface area (Å²) in [6.07, 6.45) is 0. The van der Waals surface area contributed by atoms with Gasteiger partial charge in [0.1, 0.15) is 0 Å². The van der Waals surface area contributed by atoms with Crippen molar-refractivity contribution in [2.24, 2.45) is 0 Å². The zero-order chi connectivity index (χ0) is 13.0. The number of rotatable bonds is 3. The molecule has 92 valence electrons.